The number of halogens is 3. The Balaban J connectivity index is 2.49. The van der Waals surface area contributed by atoms with Crippen molar-refractivity contribution in [1.82, 2.24) is 0 Å². The van der Waals surface area contributed by atoms with Crippen molar-refractivity contribution >= 4 is 0 Å². The van der Waals surface area contributed by atoms with Crippen LogP contribution in [0.15, 0.2) is 30.5 Å². The van der Waals surface area contributed by atoms with Crippen LogP contribution in [-0.2, 0) is 6.18 Å². The zero-order chi connectivity index (χ0) is 19.5. The Kier molecular flexibility index (Phi) is 6.00. The molecule has 26 heavy (non-hydrogen) atoms. The molecular formula is C19H22F3NO3. The molecule has 0 saturated carbocycles. The summed E-state index contributed by atoms with van der Waals surface area (Å²) < 4.78 is 50.2. The predicted molar refractivity (Wildman–Crippen MR) is 92.1 cm³/mol. The van der Waals surface area contributed by atoms with Gasteiger partial charge in [-0.1, -0.05) is 13.8 Å². The normalized spacial score (nSPS) is 11.7. The van der Waals surface area contributed by atoms with Gasteiger partial charge in [0, 0.05) is 5.56 Å². The van der Waals surface area contributed by atoms with E-state index in [4.69, 9.17) is 9.47 Å². The molecular weight excluding hydrogens is 347 g/mol. The molecule has 1 aromatic heterocycles. The average molecular weight is 369 g/mol. The number of ether oxygens (including phenoxy) is 2. The topological polar surface area (TPSA) is 45.4 Å². The van der Waals surface area contributed by atoms with Gasteiger partial charge in [-0.05, 0) is 44.0 Å². The molecule has 0 aliphatic heterocycles. The van der Waals surface area contributed by atoms with E-state index in [0.717, 1.165) is 25.0 Å². The van der Waals surface area contributed by atoms with E-state index in [1.165, 1.54) is 19.4 Å². The van der Waals surface area contributed by atoms with Crippen molar-refractivity contribution < 1.29 is 27.4 Å². The van der Waals surface area contributed by atoms with E-state index in [1.807, 2.05) is 13.8 Å². The number of alkyl halides is 3. The Morgan fingerprint density at radius 2 is 1.81 bits per heavy atom. The summed E-state index contributed by atoms with van der Waals surface area (Å²) >= 11 is 0. The molecule has 0 spiro atoms. The fraction of sp³-hybridized carbons (Fsp3) is 0.421. The number of aromatic nitrogens is 1. The van der Waals surface area contributed by atoms with Gasteiger partial charge in [0.1, 0.15) is 5.75 Å². The van der Waals surface area contributed by atoms with Crippen LogP contribution in [-0.4, -0.2) is 13.2 Å². The third-order valence-electron chi connectivity index (χ3n) is 4.19. The highest BCUT2D eigenvalue weighted by Gasteiger charge is 2.32. The Morgan fingerprint density at radius 3 is 2.31 bits per heavy atom. The Labute approximate surface area is 150 Å². The summed E-state index contributed by atoms with van der Waals surface area (Å²) in [6.45, 7) is 5.70. The zero-order valence-electron chi connectivity index (χ0n) is 15.2. The minimum absolute atomic E-state index is 0.000792. The van der Waals surface area contributed by atoms with E-state index in [9.17, 15) is 18.4 Å². The van der Waals surface area contributed by atoms with Crippen molar-refractivity contribution in [2.75, 3.05) is 7.11 Å². The van der Waals surface area contributed by atoms with Crippen molar-refractivity contribution in [3.05, 3.63) is 46.8 Å². The number of aryl methyl sites for hydroxylation is 1. The third kappa shape index (κ3) is 4.20. The van der Waals surface area contributed by atoms with Crippen LogP contribution in [0.4, 0.5) is 13.2 Å². The number of methoxy groups -OCH3 is 1. The predicted octanol–water partition coefficient (Wildman–Crippen LogP) is 4.89. The molecule has 0 radical (unpaired) electrons. The second-order valence-corrected chi connectivity index (χ2v) is 6.00. The summed E-state index contributed by atoms with van der Waals surface area (Å²) in [4.78, 5) is 0. The summed E-state index contributed by atoms with van der Waals surface area (Å²) in [6.07, 6.45) is -1.58. The monoisotopic (exact) mass is 369 g/mol. The number of benzene rings is 1. The lowest BCUT2D eigenvalue weighted by atomic mass is 10.0. The van der Waals surface area contributed by atoms with E-state index in [-0.39, 0.29) is 17.5 Å². The summed E-state index contributed by atoms with van der Waals surface area (Å²) in [5, 5.41) is 12.5. The molecule has 0 saturated heterocycles. The fourth-order valence-electron chi connectivity index (χ4n) is 2.78. The zero-order valence-corrected chi connectivity index (χ0v) is 15.2. The second kappa shape index (κ2) is 7.85. The van der Waals surface area contributed by atoms with Crippen LogP contribution in [0.3, 0.4) is 0 Å². The molecule has 0 aliphatic rings. The van der Waals surface area contributed by atoms with E-state index >= 15 is 0 Å². The number of rotatable bonds is 6. The van der Waals surface area contributed by atoms with Gasteiger partial charge in [-0.25, -0.2) is 0 Å². The molecule has 0 bridgehead atoms. The molecule has 0 fully saturated rings. The first-order valence-electron chi connectivity index (χ1n) is 8.37. The Bertz CT molecular complexity index is 748. The summed E-state index contributed by atoms with van der Waals surface area (Å²) in [5.41, 5.74) is 0.276. The largest absolute Gasteiger partial charge is 0.618 e. The molecule has 2 aromatic rings. The molecule has 0 amide bonds. The number of hydrogen-bond acceptors (Lipinski definition) is 3. The maximum absolute atomic E-state index is 12.9. The first kappa shape index (κ1) is 19.9. The number of pyridine rings is 1. The van der Waals surface area contributed by atoms with Gasteiger partial charge >= 0.3 is 6.18 Å². The van der Waals surface area contributed by atoms with Gasteiger partial charge < -0.3 is 14.7 Å². The third-order valence-corrected chi connectivity index (χ3v) is 4.19. The smallest absolute Gasteiger partial charge is 0.416 e. The van der Waals surface area contributed by atoms with Crippen LogP contribution in [0.2, 0.25) is 0 Å². The molecule has 1 heterocycles. The van der Waals surface area contributed by atoms with Gasteiger partial charge in [-0.2, -0.15) is 17.9 Å². The van der Waals surface area contributed by atoms with Crippen LogP contribution in [0.1, 0.15) is 37.8 Å². The van der Waals surface area contributed by atoms with Crippen LogP contribution in [0.5, 0.6) is 11.5 Å². The highest BCUT2D eigenvalue weighted by Crippen LogP contribution is 2.37. The van der Waals surface area contributed by atoms with Gasteiger partial charge in [0.15, 0.2) is 5.75 Å². The molecule has 142 valence electrons. The maximum atomic E-state index is 12.9. The first-order chi connectivity index (χ1) is 12.2. The van der Waals surface area contributed by atoms with Gasteiger partial charge in [0.05, 0.1) is 24.3 Å². The van der Waals surface area contributed by atoms with Crippen molar-refractivity contribution in [1.29, 1.82) is 0 Å². The van der Waals surface area contributed by atoms with Crippen molar-refractivity contribution in [2.45, 2.75) is 45.9 Å². The van der Waals surface area contributed by atoms with E-state index in [2.05, 4.69) is 0 Å². The van der Waals surface area contributed by atoms with Crippen LogP contribution >= 0.6 is 0 Å². The van der Waals surface area contributed by atoms with Crippen LogP contribution < -0.4 is 14.2 Å². The Hall–Kier alpha value is -2.44. The summed E-state index contributed by atoms with van der Waals surface area (Å²) in [7, 11) is 1.27. The average Bonchev–Trinajstić information content (AvgIpc) is 2.58. The molecule has 7 heteroatoms. The lowest BCUT2D eigenvalue weighted by Crippen LogP contribution is -2.31. The van der Waals surface area contributed by atoms with Gasteiger partial charge in [-0.3, -0.25) is 0 Å². The molecule has 0 N–H and O–H groups in total. The van der Waals surface area contributed by atoms with Gasteiger partial charge in [-0.15, -0.1) is 0 Å². The highest BCUT2D eigenvalue weighted by molar-refractivity contribution is 5.68. The standard InChI is InChI=1S/C19H22F3NO3/c1-5-14(6-2)26-15-9-12(3)18(23(24)11-15)16-8-7-13(19(20,21)22)10-17(16)25-4/h7-11,14H,5-6H2,1-4H3. The molecule has 0 aliphatic carbocycles. The quantitative estimate of drug-likeness (QED) is 0.538. The van der Waals surface area contributed by atoms with E-state index < -0.39 is 11.7 Å². The molecule has 0 unspecified atom stereocenters. The lowest BCUT2D eigenvalue weighted by molar-refractivity contribution is -0.594. The molecule has 0 atom stereocenters. The van der Waals surface area contributed by atoms with Crippen LogP contribution in [0.25, 0.3) is 11.3 Å². The highest BCUT2D eigenvalue weighted by atomic mass is 19.4. The van der Waals surface area contributed by atoms with Crippen molar-refractivity contribution in [2.24, 2.45) is 0 Å². The molecule has 2 rings (SSSR count). The van der Waals surface area contributed by atoms with E-state index in [1.54, 1.807) is 13.0 Å². The maximum Gasteiger partial charge on any atom is 0.416 e. The Morgan fingerprint density at radius 1 is 1.15 bits per heavy atom. The second-order valence-electron chi connectivity index (χ2n) is 6.00. The first-order valence-corrected chi connectivity index (χ1v) is 8.37. The van der Waals surface area contributed by atoms with Crippen molar-refractivity contribution in [3.8, 4) is 22.8 Å². The minimum atomic E-state index is -4.48. The van der Waals surface area contributed by atoms with E-state index in [0.29, 0.717) is 21.6 Å². The minimum Gasteiger partial charge on any atom is -0.618 e. The van der Waals surface area contributed by atoms with Gasteiger partial charge in [0.25, 0.3) is 0 Å². The summed E-state index contributed by atoms with van der Waals surface area (Å²) in [5.74, 6) is 0.419. The number of hydrogen-bond donors (Lipinski definition) is 0. The molecule has 1 aromatic carbocycles. The lowest BCUT2D eigenvalue weighted by Gasteiger charge is -2.17. The van der Waals surface area contributed by atoms with Crippen molar-refractivity contribution in [3.63, 3.8) is 0 Å². The fourth-order valence-corrected chi connectivity index (χ4v) is 2.78. The van der Waals surface area contributed by atoms with Crippen LogP contribution in [0, 0.1) is 12.1 Å². The van der Waals surface area contributed by atoms with Gasteiger partial charge in [0.2, 0.25) is 11.9 Å². The SMILES string of the molecule is CCC(CC)Oc1cc(C)c(-c2ccc(C(F)(F)F)cc2OC)[n+]([O-])c1. The molecule has 4 nitrogen and oxygen atoms in total. The number of nitrogens with zero attached hydrogens (tertiary/aromatic N) is 1. The summed E-state index contributed by atoms with van der Waals surface area (Å²) in [6, 6.07) is 4.79.